The Balaban J connectivity index is 2.45. The van der Waals surface area contributed by atoms with Gasteiger partial charge in [-0.05, 0) is 30.1 Å². The summed E-state index contributed by atoms with van der Waals surface area (Å²) in [4.78, 5) is 14.2. The van der Waals surface area contributed by atoms with E-state index < -0.39 is 0 Å². The molecule has 1 rings (SSSR count). The normalized spacial score (nSPS) is 21.8. The van der Waals surface area contributed by atoms with Crippen molar-refractivity contribution in [3.8, 4) is 0 Å². The first-order valence-corrected chi connectivity index (χ1v) is 7.12. The lowest BCUT2D eigenvalue weighted by Crippen LogP contribution is -2.45. The molecule has 0 aliphatic carbocycles. The zero-order valence-corrected chi connectivity index (χ0v) is 12.8. The molecule has 2 N–H and O–H groups in total. The molecule has 3 heteroatoms. The van der Waals surface area contributed by atoms with Gasteiger partial charge in [-0.2, -0.15) is 0 Å². The number of nitrogens with two attached hydrogens (primary N) is 1. The molecule has 106 valence electrons. The number of likely N-dealkylation sites (tertiary alicyclic amines) is 1. The third-order valence-electron chi connectivity index (χ3n) is 3.56. The van der Waals surface area contributed by atoms with E-state index in [2.05, 4.69) is 34.6 Å². The van der Waals surface area contributed by atoms with Gasteiger partial charge in [0.1, 0.15) is 0 Å². The Morgan fingerprint density at radius 1 is 1.39 bits per heavy atom. The smallest absolute Gasteiger partial charge is 0.224 e. The Morgan fingerprint density at radius 3 is 2.50 bits per heavy atom. The Morgan fingerprint density at radius 2 is 2.00 bits per heavy atom. The van der Waals surface area contributed by atoms with Crippen LogP contribution in [0, 0.1) is 10.8 Å². The zero-order chi connectivity index (χ0) is 14.0. The van der Waals surface area contributed by atoms with E-state index in [1.54, 1.807) is 0 Å². The van der Waals surface area contributed by atoms with Crippen molar-refractivity contribution >= 4 is 5.91 Å². The van der Waals surface area contributed by atoms with E-state index in [0.717, 1.165) is 25.9 Å². The molecular weight excluding hydrogens is 224 g/mol. The molecule has 1 heterocycles. The Bertz CT molecular complexity index is 291. The van der Waals surface area contributed by atoms with Crippen molar-refractivity contribution in [2.24, 2.45) is 16.6 Å². The van der Waals surface area contributed by atoms with Gasteiger partial charge in [-0.1, -0.05) is 34.6 Å². The predicted octanol–water partition coefficient (Wildman–Crippen LogP) is 2.79. The third kappa shape index (κ3) is 5.38. The van der Waals surface area contributed by atoms with E-state index in [-0.39, 0.29) is 22.8 Å². The minimum absolute atomic E-state index is 0.0115. The van der Waals surface area contributed by atoms with E-state index in [4.69, 9.17) is 5.73 Å². The molecule has 0 aromatic carbocycles. The number of amides is 1. The molecule has 1 aliphatic rings. The molecule has 18 heavy (non-hydrogen) atoms. The van der Waals surface area contributed by atoms with Crippen molar-refractivity contribution in [1.29, 1.82) is 0 Å². The maximum atomic E-state index is 12.2. The van der Waals surface area contributed by atoms with Crippen molar-refractivity contribution in [2.45, 2.75) is 66.3 Å². The van der Waals surface area contributed by atoms with Gasteiger partial charge in [0.25, 0.3) is 0 Å². The quantitative estimate of drug-likeness (QED) is 0.842. The monoisotopic (exact) mass is 254 g/mol. The molecule has 0 spiro atoms. The second-order valence-electron chi connectivity index (χ2n) is 7.81. The van der Waals surface area contributed by atoms with Crippen molar-refractivity contribution in [1.82, 2.24) is 4.90 Å². The summed E-state index contributed by atoms with van der Waals surface area (Å²) in [6.07, 6.45) is 3.72. The molecule has 1 atom stereocenters. The maximum Gasteiger partial charge on any atom is 0.224 e. The molecule has 0 radical (unpaired) electrons. The van der Waals surface area contributed by atoms with Gasteiger partial charge in [0.2, 0.25) is 5.91 Å². The molecule has 1 amide bonds. The summed E-state index contributed by atoms with van der Waals surface area (Å²) >= 11 is 0. The van der Waals surface area contributed by atoms with Crippen LogP contribution < -0.4 is 5.73 Å². The summed E-state index contributed by atoms with van der Waals surface area (Å²) in [7, 11) is 0. The number of carbonyl (C=O) groups excluding carboxylic acids is 1. The number of hydrogen-bond acceptors (Lipinski definition) is 2. The minimum Gasteiger partial charge on any atom is -0.342 e. The summed E-state index contributed by atoms with van der Waals surface area (Å²) < 4.78 is 0. The predicted molar refractivity (Wildman–Crippen MR) is 76.3 cm³/mol. The van der Waals surface area contributed by atoms with Crippen molar-refractivity contribution < 1.29 is 4.79 Å². The second kappa shape index (κ2) is 5.60. The lowest BCUT2D eigenvalue weighted by molar-refractivity contribution is -0.134. The van der Waals surface area contributed by atoms with Crippen molar-refractivity contribution in [3.05, 3.63) is 0 Å². The van der Waals surface area contributed by atoms with Gasteiger partial charge in [0.05, 0.1) is 0 Å². The first-order valence-electron chi connectivity index (χ1n) is 7.12. The maximum absolute atomic E-state index is 12.2. The SMILES string of the molecule is CC(C)(C)CC(N)CC(=O)N1CCCC(C)(C)C1. The van der Waals surface area contributed by atoms with Crippen LogP contribution in [0.15, 0.2) is 0 Å². The van der Waals surface area contributed by atoms with Crippen LogP contribution in [0.5, 0.6) is 0 Å². The van der Waals surface area contributed by atoms with Crippen LogP contribution >= 0.6 is 0 Å². The average Bonchev–Trinajstić information content (AvgIpc) is 2.12. The molecule has 0 aromatic heterocycles. The number of carbonyl (C=O) groups is 1. The molecular formula is C15H30N2O. The molecule has 0 aromatic rings. The van der Waals surface area contributed by atoms with Gasteiger partial charge in [0.15, 0.2) is 0 Å². The van der Waals surface area contributed by atoms with E-state index in [1.807, 2.05) is 4.90 Å². The second-order valence-corrected chi connectivity index (χ2v) is 7.81. The standard InChI is InChI=1S/C15H30N2O/c1-14(2,3)10-12(16)9-13(18)17-8-6-7-15(4,5)11-17/h12H,6-11,16H2,1-5H3. The van der Waals surface area contributed by atoms with Crippen LogP contribution in [0.4, 0.5) is 0 Å². The van der Waals surface area contributed by atoms with E-state index in [1.165, 1.54) is 6.42 Å². The summed E-state index contributed by atoms with van der Waals surface area (Å²) in [6.45, 7) is 12.8. The Hall–Kier alpha value is -0.570. The summed E-state index contributed by atoms with van der Waals surface area (Å²) in [5.74, 6) is 0.236. The van der Waals surface area contributed by atoms with Crippen LogP contribution in [0.2, 0.25) is 0 Å². The van der Waals surface area contributed by atoms with Gasteiger partial charge in [-0.25, -0.2) is 0 Å². The Kier molecular flexibility index (Phi) is 4.82. The highest BCUT2D eigenvalue weighted by Gasteiger charge is 2.30. The molecule has 1 aliphatic heterocycles. The highest BCUT2D eigenvalue weighted by atomic mass is 16.2. The van der Waals surface area contributed by atoms with Crippen LogP contribution in [0.1, 0.15) is 60.3 Å². The lowest BCUT2D eigenvalue weighted by atomic mass is 9.83. The van der Waals surface area contributed by atoms with Gasteiger partial charge >= 0.3 is 0 Å². The van der Waals surface area contributed by atoms with Crippen LogP contribution in [0.3, 0.4) is 0 Å². The van der Waals surface area contributed by atoms with Crippen molar-refractivity contribution in [2.75, 3.05) is 13.1 Å². The number of piperidine rings is 1. The van der Waals surface area contributed by atoms with Crippen molar-refractivity contribution in [3.63, 3.8) is 0 Å². The summed E-state index contributed by atoms with van der Waals surface area (Å²) in [5, 5.41) is 0. The zero-order valence-electron chi connectivity index (χ0n) is 12.8. The molecule has 0 saturated carbocycles. The van der Waals surface area contributed by atoms with E-state index in [0.29, 0.717) is 6.42 Å². The summed E-state index contributed by atoms with van der Waals surface area (Å²) in [6, 6.07) is -0.0115. The fourth-order valence-electron chi connectivity index (χ4n) is 2.85. The first-order chi connectivity index (χ1) is 8.09. The van der Waals surface area contributed by atoms with Gasteiger partial charge in [0, 0.05) is 25.6 Å². The highest BCUT2D eigenvalue weighted by Crippen LogP contribution is 2.29. The molecule has 1 unspecified atom stereocenters. The van der Waals surface area contributed by atoms with Crippen LogP contribution in [-0.4, -0.2) is 29.9 Å². The lowest BCUT2D eigenvalue weighted by Gasteiger charge is -2.38. The fourth-order valence-corrected chi connectivity index (χ4v) is 2.85. The molecule has 1 saturated heterocycles. The average molecular weight is 254 g/mol. The van der Waals surface area contributed by atoms with Crippen LogP contribution in [-0.2, 0) is 4.79 Å². The van der Waals surface area contributed by atoms with Gasteiger partial charge in [-0.15, -0.1) is 0 Å². The van der Waals surface area contributed by atoms with E-state index >= 15 is 0 Å². The number of nitrogens with zero attached hydrogens (tertiary/aromatic N) is 1. The van der Waals surface area contributed by atoms with Crippen LogP contribution in [0.25, 0.3) is 0 Å². The van der Waals surface area contributed by atoms with Gasteiger partial charge < -0.3 is 10.6 Å². The fraction of sp³-hybridized carbons (Fsp3) is 0.933. The number of rotatable bonds is 3. The highest BCUT2D eigenvalue weighted by molar-refractivity contribution is 5.77. The van der Waals surface area contributed by atoms with Gasteiger partial charge in [-0.3, -0.25) is 4.79 Å². The Labute approximate surface area is 112 Å². The number of hydrogen-bond donors (Lipinski definition) is 1. The molecule has 1 fully saturated rings. The van der Waals surface area contributed by atoms with E-state index in [9.17, 15) is 4.79 Å². The minimum atomic E-state index is -0.0115. The topological polar surface area (TPSA) is 46.3 Å². The molecule has 0 bridgehead atoms. The molecule has 3 nitrogen and oxygen atoms in total. The third-order valence-corrected chi connectivity index (χ3v) is 3.56. The summed E-state index contributed by atoms with van der Waals surface area (Å²) in [5.41, 5.74) is 6.55. The first kappa shape index (κ1) is 15.5. The largest absolute Gasteiger partial charge is 0.342 e.